The van der Waals surface area contributed by atoms with Crippen LogP contribution in [0.3, 0.4) is 0 Å². The normalized spacial score (nSPS) is 18.7. The molecule has 34 heavy (non-hydrogen) atoms. The van der Waals surface area contributed by atoms with Crippen LogP contribution in [0.1, 0.15) is 41.4 Å². The summed E-state index contributed by atoms with van der Waals surface area (Å²) in [4.78, 5) is 19.8. The van der Waals surface area contributed by atoms with E-state index < -0.39 is 0 Å². The molecular weight excluding hydrogens is 474 g/mol. The van der Waals surface area contributed by atoms with Crippen LogP contribution in [0.25, 0.3) is 5.69 Å². The fraction of sp³-hybridized carbons (Fsp3) is 0.308. The maximum Gasteiger partial charge on any atom is 0.260 e. The van der Waals surface area contributed by atoms with Gasteiger partial charge in [0.1, 0.15) is 17.5 Å². The van der Waals surface area contributed by atoms with Crippen LogP contribution in [-0.4, -0.2) is 22.6 Å². The Hall–Kier alpha value is -2.85. The van der Waals surface area contributed by atoms with Gasteiger partial charge in [0.25, 0.3) is 5.56 Å². The third-order valence-electron chi connectivity index (χ3n) is 7.25. The van der Waals surface area contributed by atoms with E-state index in [1.807, 2.05) is 0 Å². The summed E-state index contributed by atoms with van der Waals surface area (Å²) in [5, 5.41) is 0.682. The van der Waals surface area contributed by atoms with Gasteiger partial charge in [0.05, 0.1) is 21.3 Å². The van der Waals surface area contributed by atoms with Gasteiger partial charge in [0, 0.05) is 25.2 Å². The predicted molar refractivity (Wildman–Crippen MR) is 133 cm³/mol. The SMILES string of the molecule is C#Cc1cc2c(cc1F)CC1(CCN(c3cc(=O)n(-c4cccc(Cl)c4Cl)c(C)n3)CC1)[C@@H]2N. The van der Waals surface area contributed by atoms with Crippen LogP contribution in [0.4, 0.5) is 10.2 Å². The number of fused-ring (bicyclic) bond motifs is 1. The van der Waals surface area contributed by atoms with Crippen LogP contribution < -0.4 is 16.2 Å². The number of rotatable bonds is 2. The molecule has 1 aliphatic heterocycles. The number of halogens is 3. The maximum atomic E-state index is 14.2. The van der Waals surface area contributed by atoms with Gasteiger partial charge in [-0.3, -0.25) is 9.36 Å². The van der Waals surface area contributed by atoms with Crippen molar-refractivity contribution in [2.45, 2.75) is 32.2 Å². The second kappa shape index (κ2) is 8.42. The van der Waals surface area contributed by atoms with Crippen LogP contribution in [0, 0.1) is 30.5 Å². The third-order valence-corrected chi connectivity index (χ3v) is 8.06. The number of aromatic nitrogens is 2. The smallest absolute Gasteiger partial charge is 0.260 e. The molecule has 5 nitrogen and oxygen atoms in total. The number of terminal acetylenes is 1. The second-order valence-electron chi connectivity index (χ2n) is 9.09. The lowest BCUT2D eigenvalue weighted by Gasteiger charge is -2.42. The first-order valence-electron chi connectivity index (χ1n) is 11.1. The van der Waals surface area contributed by atoms with Crippen molar-refractivity contribution in [3.05, 3.63) is 85.1 Å². The number of aryl methyl sites for hydroxylation is 1. The van der Waals surface area contributed by atoms with Crippen LogP contribution in [0.5, 0.6) is 0 Å². The second-order valence-corrected chi connectivity index (χ2v) is 9.87. The van der Waals surface area contributed by atoms with Gasteiger partial charge >= 0.3 is 0 Å². The summed E-state index contributed by atoms with van der Waals surface area (Å²) in [5.74, 6) is 3.18. The Kier molecular flexibility index (Phi) is 5.68. The first-order chi connectivity index (χ1) is 16.2. The molecule has 1 spiro atoms. The largest absolute Gasteiger partial charge is 0.356 e. The van der Waals surface area contributed by atoms with Gasteiger partial charge in [-0.25, -0.2) is 9.37 Å². The molecule has 0 unspecified atom stereocenters. The average Bonchev–Trinajstić information content (AvgIpc) is 3.06. The molecule has 5 rings (SSSR count). The van der Waals surface area contributed by atoms with Gasteiger partial charge in [-0.05, 0) is 67.0 Å². The zero-order valence-corrected chi connectivity index (χ0v) is 20.1. The highest BCUT2D eigenvalue weighted by atomic mass is 35.5. The van der Waals surface area contributed by atoms with Crippen LogP contribution in [0.15, 0.2) is 41.2 Å². The van der Waals surface area contributed by atoms with Crippen LogP contribution in [-0.2, 0) is 6.42 Å². The minimum absolute atomic E-state index is 0.156. The topological polar surface area (TPSA) is 64.2 Å². The van der Waals surface area contributed by atoms with Gasteiger partial charge in [-0.2, -0.15) is 0 Å². The molecule has 2 N–H and O–H groups in total. The molecule has 1 saturated heterocycles. The van der Waals surface area contributed by atoms with E-state index in [2.05, 4.69) is 10.8 Å². The summed E-state index contributed by atoms with van der Waals surface area (Å²) in [7, 11) is 0. The lowest BCUT2D eigenvalue weighted by atomic mass is 9.73. The molecule has 0 radical (unpaired) electrons. The number of hydrogen-bond donors (Lipinski definition) is 1. The summed E-state index contributed by atoms with van der Waals surface area (Å²) in [6, 6.07) is 9.74. The van der Waals surface area contributed by atoms with E-state index in [0.717, 1.165) is 30.4 Å². The Bertz CT molecular complexity index is 1400. The van der Waals surface area contributed by atoms with Gasteiger partial charge in [0.2, 0.25) is 0 Å². The van der Waals surface area contributed by atoms with Crippen molar-refractivity contribution in [2.24, 2.45) is 11.1 Å². The zero-order valence-electron chi connectivity index (χ0n) is 18.6. The fourth-order valence-electron chi connectivity index (χ4n) is 5.38. The molecule has 2 heterocycles. The molecule has 1 atom stereocenters. The quantitative estimate of drug-likeness (QED) is 0.517. The van der Waals surface area contributed by atoms with Crippen molar-refractivity contribution in [1.82, 2.24) is 9.55 Å². The molecule has 0 saturated carbocycles. The maximum absolute atomic E-state index is 14.2. The molecule has 1 fully saturated rings. The molecular formula is C26H23Cl2FN4O. The Balaban J connectivity index is 1.39. The van der Waals surface area contributed by atoms with Crippen molar-refractivity contribution in [3.8, 4) is 18.0 Å². The Morgan fingerprint density at radius 2 is 1.97 bits per heavy atom. The van der Waals surface area contributed by atoms with Crippen molar-refractivity contribution in [1.29, 1.82) is 0 Å². The molecule has 1 aromatic heterocycles. The first kappa shape index (κ1) is 22.9. The van der Waals surface area contributed by atoms with Gasteiger partial charge in [0.15, 0.2) is 0 Å². The molecule has 8 heteroatoms. The molecule has 0 amide bonds. The van der Waals surface area contributed by atoms with Crippen molar-refractivity contribution in [2.75, 3.05) is 18.0 Å². The van der Waals surface area contributed by atoms with Crippen LogP contribution in [0.2, 0.25) is 10.0 Å². The van der Waals surface area contributed by atoms with E-state index in [0.29, 0.717) is 40.5 Å². The summed E-state index contributed by atoms with van der Waals surface area (Å²) in [6.07, 6.45) is 7.78. The van der Waals surface area contributed by atoms with Gasteiger partial charge in [-0.1, -0.05) is 35.2 Å². The standard InChI is InChI=1S/C26H23Cl2FN4O/c1-3-16-11-18-17(12-20(16)29)14-26(25(18)30)7-9-32(10-8-26)22-13-23(34)33(15(2)31-22)21-6-4-5-19(27)24(21)28/h1,4-6,11-13,25H,7-10,14,30H2,2H3/t25-/m1/s1. The third kappa shape index (κ3) is 3.60. The van der Waals surface area contributed by atoms with E-state index in [1.165, 1.54) is 16.7 Å². The highest BCUT2D eigenvalue weighted by Crippen LogP contribution is 2.51. The number of benzene rings is 2. The number of hydrogen-bond acceptors (Lipinski definition) is 4. The average molecular weight is 497 g/mol. The van der Waals surface area contributed by atoms with Crippen LogP contribution >= 0.6 is 23.2 Å². The van der Waals surface area contributed by atoms with E-state index in [1.54, 1.807) is 31.2 Å². The first-order valence-corrected chi connectivity index (χ1v) is 11.8. The molecule has 2 aliphatic rings. The highest BCUT2D eigenvalue weighted by Gasteiger charge is 2.46. The fourth-order valence-corrected chi connectivity index (χ4v) is 5.76. The minimum Gasteiger partial charge on any atom is -0.356 e. The number of anilines is 1. The predicted octanol–water partition coefficient (Wildman–Crippen LogP) is 4.81. The molecule has 3 aromatic rings. The summed E-state index contributed by atoms with van der Waals surface area (Å²) in [6.45, 7) is 3.16. The molecule has 174 valence electrons. The van der Waals surface area contributed by atoms with E-state index in [-0.39, 0.29) is 28.4 Å². The molecule has 1 aliphatic carbocycles. The summed E-state index contributed by atoms with van der Waals surface area (Å²) >= 11 is 12.5. The van der Waals surface area contributed by atoms with E-state index in [4.69, 9.17) is 40.3 Å². The van der Waals surface area contributed by atoms with E-state index in [9.17, 15) is 9.18 Å². The van der Waals surface area contributed by atoms with Crippen molar-refractivity contribution >= 4 is 29.0 Å². The van der Waals surface area contributed by atoms with E-state index >= 15 is 0 Å². The van der Waals surface area contributed by atoms with Gasteiger partial charge < -0.3 is 10.6 Å². The monoisotopic (exact) mass is 496 g/mol. The minimum atomic E-state index is -0.372. The Morgan fingerprint density at radius 1 is 1.24 bits per heavy atom. The Morgan fingerprint density at radius 3 is 2.65 bits per heavy atom. The Labute approximate surface area is 207 Å². The molecule has 2 aromatic carbocycles. The zero-order chi connectivity index (χ0) is 24.2. The van der Waals surface area contributed by atoms with Crippen molar-refractivity contribution < 1.29 is 4.39 Å². The number of piperidine rings is 1. The lowest BCUT2D eigenvalue weighted by molar-refractivity contribution is 0.187. The highest BCUT2D eigenvalue weighted by molar-refractivity contribution is 6.43. The number of nitrogens with two attached hydrogens (primary N) is 1. The molecule has 0 bridgehead atoms. The lowest BCUT2D eigenvalue weighted by Crippen LogP contribution is -2.45. The number of nitrogens with zero attached hydrogens (tertiary/aromatic N) is 3. The van der Waals surface area contributed by atoms with Gasteiger partial charge in [-0.15, -0.1) is 6.42 Å². The summed E-state index contributed by atoms with van der Waals surface area (Å²) in [5.41, 5.74) is 8.92. The van der Waals surface area contributed by atoms with Crippen molar-refractivity contribution in [3.63, 3.8) is 0 Å². The summed E-state index contributed by atoms with van der Waals surface area (Å²) < 4.78 is 15.7.